The van der Waals surface area contributed by atoms with Gasteiger partial charge in [0.1, 0.15) is 6.61 Å². The highest BCUT2D eigenvalue weighted by molar-refractivity contribution is 5.97. The van der Waals surface area contributed by atoms with Crippen LogP contribution in [0.5, 0.6) is 0 Å². The van der Waals surface area contributed by atoms with Crippen molar-refractivity contribution >= 4 is 23.1 Å². The number of Topliss-reactive ketones (excluding diaryl/α,β-unsaturated/α-hetero) is 1. The van der Waals surface area contributed by atoms with Crippen molar-refractivity contribution in [1.29, 1.82) is 0 Å². The normalized spacial score (nSPS) is 10.0. The second kappa shape index (κ2) is 7.87. The molecule has 0 saturated carbocycles. The molecule has 7 heteroatoms. The first-order chi connectivity index (χ1) is 11.5. The Balaban J connectivity index is 2.23. The summed E-state index contributed by atoms with van der Waals surface area (Å²) in [5, 5.41) is 14.0. The fourth-order valence-corrected chi connectivity index (χ4v) is 2.01. The van der Waals surface area contributed by atoms with Gasteiger partial charge in [0.2, 0.25) is 0 Å². The molecule has 0 atom stereocenters. The van der Waals surface area contributed by atoms with Crippen LogP contribution < -0.4 is 5.32 Å². The van der Waals surface area contributed by atoms with Crippen LogP contribution in [0.2, 0.25) is 0 Å². The van der Waals surface area contributed by atoms with Crippen LogP contribution in [0, 0.1) is 10.1 Å². The molecule has 2 rings (SSSR count). The molecule has 0 fully saturated rings. The number of carbonyl (C=O) groups is 2. The Morgan fingerprint density at radius 1 is 1.17 bits per heavy atom. The topological polar surface area (TPSA) is 98.5 Å². The zero-order chi connectivity index (χ0) is 17.5. The second-order valence-corrected chi connectivity index (χ2v) is 5.10. The average molecular weight is 328 g/mol. The fraction of sp³-hybridized carbons (Fsp3) is 0.176. The molecule has 124 valence electrons. The van der Waals surface area contributed by atoms with E-state index in [0.717, 1.165) is 11.6 Å². The number of carbonyl (C=O) groups excluding carboxylic acids is 2. The van der Waals surface area contributed by atoms with Crippen LogP contribution in [0.3, 0.4) is 0 Å². The summed E-state index contributed by atoms with van der Waals surface area (Å²) in [4.78, 5) is 33.4. The number of hydrogen-bond donors (Lipinski definition) is 1. The van der Waals surface area contributed by atoms with E-state index >= 15 is 0 Å². The number of esters is 1. The summed E-state index contributed by atoms with van der Waals surface area (Å²) in [6.45, 7) is 1.35. The molecular formula is C17H16N2O5. The van der Waals surface area contributed by atoms with Crippen molar-refractivity contribution in [3.8, 4) is 0 Å². The van der Waals surface area contributed by atoms with Crippen molar-refractivity contribution < 1.29 is 19.2 Å². The fourth-order valence-electron chi connectivity index (χ4n) is 2.01. The molecule has 0 bridgehead atoms. The first-order valence-corrected chi connectivity index (χ1v) is 7.20. The number of rotatable bonds is 7. The van der Waals surface area contributed by atoms with Crippen molar-refractivity contribution in [3.63, 3.8) is 0 Å². The van der Waals surface area contributed by atoms with E-state index in [4.69, 9.17) is 4.74 Å². The summed E-state index contributed by atoms with van der Waals surface area (Å²) in [5.74, 6) is -1.10. The second-order valence-electron chi connectivity index (χ2n) is 5.10. The van der Waals surface area contributed by atoms with Crippen LogP contribution in [-0.2, 0) is 16.1 Å². The SMILES string of the molecule is CC(=O)COC(=O)c1cc([N+](=O)[O-])ccc1NCc1ccccc1. The molecule has 0 aromatic heterocycles. The zero-order valence-electron chi connectivity index (χ0n) is 13.0. The number of hydrogen-bond acceptors (Lipinski definition) is 6. The van der Waals surface area contributed by atoms with Crippen LogP contribution in [-0.4, -0.2) is 23.3 Å². The largest absolute Gasteiger partial charge is 0.454 e. The Hall–Kier alpha value is -3.22. The Labute approximate surface area is 138 Å². The third-order valence-corrected chi connectivity index (χ3v) is 3.17. The molecule has 0 saturated heterocycles. The molecule has 0 aliphatic heterocycles. The third-order valence-electron chi connectivity index (χ3n) is 3.17. The van der Waals surface area contributed by atoms with Gasteiger partial charge in [-0.25, -0.2) is 4.79 Å². The summed E-state index contributed by atoms with van der Waals surface area (Å²) in [7, 11) is 0. The van der Waals surface area contributed by atoms with Crippen LogP contribution in [0.15, 0.2) is 48.5 Å². The minimum atomic E-state index is -0.788. The maximum atomic E-state index is 12.1. The van der Waals surface area contributed by atoms with Crippen LogP contribution in [0.4, 0.5) is 11.4 Å². The maximum absolute atomic E-state index is 12.1. The van der Waals surface area contributed by atoms with E-state index in [-0.39, 0.29) is 23.6 Å². The molecule has 0 radical (unpaired) electrons. The smallest absolute Gasteiger partial charge is 0.340 e. The Kier molecular flexibility index (Phi) is 5.62. The molecule has 0 spiro atoms. The van der Waals surface area contributed by atoms with E-state index in [0.29, 0.717) is 12.2 Å². The van der Waals surface area contributed by atoms with Gasteiger partial charge in [0, 0.05) is 24.4 Å². The highest BCUT2D eigenvalue weighted by atomic mass is 16.6. The quantitative estimate of drug-likeness (QED) is 0.476. The van der Waals surface area contributed by atoms with Crippen molar-refractivity contribution in [2.24, 2.45) is 0 Å². The van der Waals surface area contributed by atoms with E-state index in [2.05, 4.69) is 5.32 Å². The maximum Gasteiger partial charge on any atom is 0.340 e. The average Bonchev–Trinajstić information content (AvgIpc) is 2.58. The first-order valence-electron chi connectivity index (χ1n) is 7.20. The molecule has 0 aliphatic rings. The molecule has 0 amide bonds. The van der Waals surface area contributed by atoms with Crippen molar-refractivity contribution in [1.82, 2.24) is 0 Å². The predicted molar refractivity (Wildman–Crippen MR) is 87.8 cm³/mol. The van der Waals surface area contributed by atoms with E-state index in [9.17, 15) is 19.7 Å². The molecule has 0 unspecified atom stereocenters. The standard InChI is InChI=1S/C17H16N2O5/c1-12(20)11-24-17(21)15-9-14(19(22)23)7-8-16(15)18-10-13-5-3-2-4-6-13/h2-9,18H,10-11H2,1H3. The van der Waals surface area contributed by atoms with Gasteiger partial charge in [-0.15, -0.1) is 0 Å². The number of ketones is 1. The highest BCUT2D eigenvalue weighted by Crippen LogP contribution is 2.23. The number of nitro benzene ring substituents is 1. The third kappa shape index (κ3) is 4.64. The van der Waals surface area contributed by atoms with Gasteiger partial charge in [0.15, 0.2) is 5.78 Å². The highest BCUT2D eigenvalue weighted by Gasteiger charge is 2.18. The van der Waals surface area contributed by atoms with E-state index in [1.165, 1.54) is 19.1 Å². The number of anilines is 1. The van der Waals surface area contributed by atoms with Gasteiger partial charge < -0.3 is 10.1 Å². The number of non-ortho nitro benzene ring substituents is 1. The lowest BCUT2D eigenvalue weighted by Crippen LogP contribution is -2.14. The summed E-state index contributed by atoms with van der Waals surface area (Å²) in [5.41, 5.74) is 1.17. The lowest BCUT2D eigenvalue weighted by Gasteiger charge is -2.11. The number of ether oxygens (including phenoxy) is 1. The van der Waals surface area contributed by atoms with Crippen molar-refractivity contribution in [2.75, 3.05) is 11.9 Å². The number of nitrogens with zero attached hydrogens (tertiary/aromatic N) is 1. The van der Waals surface area contributed by atoms with Crippen LogP contribution >= 0.6 is 0 Å². The Morgan fingerprint density at radius 3 is 2.50 bits per heavy atom. The van der Waals surface area contributed by atoms with Crippen molar-refractivity contribution in [2.45, 2.75) is 13.5 Å². The lowest BCUT2D eigenvalue weighted by molar-refractivity contribution is -0.384. The van der Waals surface area contributed by atoms with Crippen LogP contribution in [0.1, 0.15) is 22.8 Å². The summed E-state index contributed by atoms with van der Waals surface area (Å²) < 4.78 is 4.87. The Bertz CT molecular complexity index is 759. The van der Waals surface area contributed by atoms with E-state index < -0.39 is 10.9 Å². The molecule has 2 aromatic carbocycles. The van der Waals surface area contributed by atoms with Gasteiger partial charge in [-0.3, -0.25) is 14.9 Å². The van der Waals surface area contributed by atoms with Gasteiger partial charge >= 0.3 is 5.97 Å². The first kappa shape index (κ1) is 17.1. The van der Waals surface area contributed by atoms with Gasteiger partial charge in [-0.2, -0.15) is 0 Å². The van der Waals surface area contributed by atoms with E-state index in [1.54, 1.807) is 0 Å². The molecule has 2 aromatic rings. The minimum Gasteiger partial charge on any atom is -0.454 e. The molecular weight excluding hydrogens is 312 g/mol. The van der Waals surface area contributed by atoms with Gasteiger partial charge in [0.05, 0.1) is 10.5 Å². The molecule has 1 N–H and O–H groups in total. The summed E-state index contributed by atoms with van der Waals surface area (Å²) in [6.07, 6.45) is 0. The Morgan fingerprint density at radius 2 is 1.88 bits per heavy atom. The number of nitro groups is 1. The predicted octanol–water partition coefficient (Wildman–Crippen LogP) is 2.95. The molecule has 0 aliphatic carbocycles. The van der Waals surface area contributed by atoms with Gasteiger partial charge in [-0.05, 0) is 18.6 Å². The molecule has 7 nitrogen and oxygen atoms in total. The molecule has 24 heavy (non-hydrogen) atoms. The number of nitrogens with one attached hydrogen (secondary N) is 1. The van der Waals surface area contributed by atoms with Crippen LogP contribution in [0.25, 0.3) is 0 Å². The molecule has 0 heterocycles. The zero-order valence-corrected chi connectivity index (χ0v) is 13.0. The monoisotopic (exact) mass is 328 g/mol. The minimum absolute atomic E-state index is 0.0152. The van der Waals surface area contributed by atoms with Gasteiger partial charge in [-0.1, -0.05) is 30.3 Å². The van der Waals surface area contributed by atoms with E-state index in [1.807, 2.05) is 30.3 Å². The number of benzene rings is 2. The summed E-state index contributed by atoms with van der Waals surface area (Å²) >= 11 is 0. The van der Waals surface area contributed by atoms with Crippen molar-refractivity contribution in [3.05, 3.63) is 69.8 Å². The lowest BCUT2D eigenvalue weighted by atomic mass is 10.1. The summed E-state index contributed by atoms with van der Waals surface area (Å²) in [6, 6.07) is 13.4. The van der Waals surface area contributed by atoms with Gasteiger partial charge in [0.25, 0.3) is 5.69 Å².